The molecule has 2 aromatic rings. The maximum Gasteiger partial charge on any atom is 0.416 e. The molecule has 0 unspecified atom stereocenters. The van der Waals surface area contributed by atoms with Gasteiger partial charge in [0.1, 0.15) is 6.61 Å². The van der Waals surface area contributed by atoms with Crippen LogP contribution in [0.4, 0.5) is 18.9 Å². The van der Waals surface area contributed by atoms with E-state index in [1.807, 2.05) is 0 Å². The Labute approximate surface area is 124 Å². The lowest BCUT2D eigenvalue weighted by molar-refractivity contribution is -0.574. The van der Waals surface area contributed by atoms with Crippen LogP contribution in [-0.4, -0.2) is 24.0 Å². The fourth-order valence-corrected chi connectivity index (χ4v) is 3.07. The molecule has 0 N–H and O–H groups in total. The minimum atomic E-state index is -4.80. The van der Waals surface area contributed by atoms with Gasteiger partial charge in [-0.1, -0.05) is 0 Å². The van der Waals surface area contributed by atoms with Crippen LogP contribution in [0.1, 0.15) is 10.6 Å². The molecule has 1 aliphatic rings. The SMILES string of the molecule is O=[N+]([O-])c1cc(C(F)(F)F)cc2c1sc(C1=NCCO1)[n+]2[O-]. The second kappa shape index (κ2) is 4.80. The highest BCUT2D eigenvalue weighted by molar-refractivity contribution is 7.20. The minimum Gasteiger partial charge on any atom is -0.617 e. The zero-order valence-corrected chi connectivity index (χ0v) is 11.4. The smallest absolute Gasteiger partial charge is 0.416 e. The van der Waals surface area contributed by atoms with Gasteiger partial charge in [0.25, 0.3) is 11.6 Å². The van der Waals surface area contributed by atoms with Gasteiger partial charge in [-0.25, -0.2) is 4.99 Å². The minimum absolute atomic E-state index is 0.0148. The van der Waals surface area contributed by atoms with E-state index in [0.717, 1.165) is 0 Å². The van der Waals surface area contributed by atoms with Crippen LogP contribution in [0, 0.1) is 15.3 Å². The highest BCUT2D eigenvalue weighted by Crippen LogP contribution is 2.38. The van der Waals surface area contributed by atoms with Gasteiger partial charge in [-0.3, -0.25) is 10.1 Å². The van der Waals surface area contributed by atoms with E-state index in [1.54, 1.807) is 0 Å². The van der Waals surface area contributed by atoms with Crippen molar-refractivity contribution in [3.05, 3.63) is 38.0 Å². The van der Waals surface area contributed by atoms with Gasteiger partial charge in [0, 0.05) is 12.1 Å². The van der Waals surface area contributed by atoms with E-state index in [-0.39, 0.29) is 26.9 Å². The Kier molecular flexibility index (Phi) is 3.16. The van der Waals surface area contributed by atoms with Gasteiger partial charge < -0.3 is 9.94 Å². The summed E-state index contributed by atoms with van der Waals surface area (Å²) in [4.78, 5) is 14.0. The number of halogens is 3. The molecule has 1 aromatic heterocycles. The number of nitro benzene ring substituents is 1. The third-order valence-corrected chi connectivity index (χ3v) is 4.10. The standard InChI is InChI=1S/C11H6F3N3O4S/c12-11(13,14)5-3-6-8(7(4-5)17(19)20)22-10(16(6)18)9-15-1-2-21-9/h3-4H,1-2H2. The van der Waals surface area contributed by atoms with E-state index in [9.17, 15) is 28.5 Å². The molecule has 22 heavy (non-hydrogen) atoms. The molecule has 116 valence electrons. The molecule has 0 amide bonds. The average Bonchev–Trinajstić information content (AvgIpc) is 3.05. The molecule has 0 fully saturated rings. The van der Waals surface area contributed by atoms with Crippen molar-refractivity contribution in [3.63, 3.8) is 0 Å². The molecule has 0 bridgehead atoms. The molecule has 11 heteroatoms. The van der Waals surface area contributed by atoms with E-state index in [2.05, 4.69) is 4.99 Å². The topological polar surface area (TPSA) is 91.7 Å². The van der Waals surface area contributed by atoms with Crippen molar-refractivity contribution in [1.82, 2.24) is 0 Å². The van der Waals surface area contributed by atoms with Gasteiger partial charge in [-0.05, 0) is 11.3 Å². The summed E-state index contributed by atoms with van der Waals surface area (Å²) < 4.78 is 43.6. The van der Waals surface area contributed by atoms with E-state index in [0.29, 0.717) is 30.0 Å². The summed E-state index contributed by atoms with van der Waals surface area (Å²) in [7, 11) is 0. The maximum absolute atomic E-state index is 12.8. The fourth-order valence-electron chi connectivity index (χ4n) is 2.00. The van der Waals surface area contributed by atoms with Crippen molar-refractivity contribution in [2.75, 3.05) is 13.2 Å². The third-order valence-electron chi connectivity index (χ3n) is 2.94. The number of ether oxygens (including phenoxy) is 1. The number of alkyl halides is 3. The molecule has 0 atom stereocenters. The largest absolute Gasteiger partial charge is 0.617 e. The van der Waals surface area contributed by atoms with Crippen molar-refractivity contribution < 1.29 is 27.6 Å². The van der Waals surface area contributed by atoms with Crippen molar-refractivity contribution >= 4 is 33.1 Å². The van der Waals surface area contributed by atoms with Crippen LogP contribution in [-0.2, 0) is 10.9 Å². The number of benzene rings is 1. The van der Waals surface area contributed by atoms with Gasteiger partial charge in [0.2, 0.25) is 5.52 Å². The number of non-ortho nitro benzene ring substituents is 1. The van der Waals surface area contributed by atoms with E-state index in [1.165, 1.54) is 0 Å². The molecule has 0 radical (unpaired) electrons. The Balaban J connectivity index is 2.31. The van der Waals surface area contributed by atoms with Crippen molar-refractivity contribution in [1.29, 1.82) is 0 Å². The van der Waals surface area contributed by atoms with Crippen LogP contribution < -0.4 is 4.73 Å². The number of rotatable bonds is 2. The Hall–Kier alpha value is -2.43. The monoisotopic (exact) mass is 333 g/mol. The first kappa shape index (κ1) is 14.5. The summed E-state index contributed by atoms with van der Waals surface area (Å²) in [6.45, 7) is 0.568. The molecular weight excluding hydrogens is 327 g/mol. The second-order valence-electron chi connectivity index (χ2n) is 4.34. The van der Waals surface area contributed by atoms with Crippen molar-refractivity contribution in [2.24, 2.45) is 4.99 Å². The number of thiazole rings is 1. The van der Waals surface area contributed by atoms with Crippen LogP contribution in [0.5, 0.6) is 0 Å². The first-order valence-electron chi connectivity index (χ1n) is 5.88. The Morgan fingerprint density at radius 2 is 2.14 bits per heavy atom. The van der Waals surface area contributed by atoms with E-state index >= 15 is 0 Å². The molecule has 0 spiro atoms. The number of nitrogens with zero attached hydrogens (tertiary/aromatic N) is 3. The number of aromatic nitrogens is 1. The molecule has 1 aliphatic heterocycles. The lowest BCUT2D eigenvalue weighted by atomic mass is 10.2. The molecule has 0 saturated carbocycles. The fraction of sp³-hybridized carbons (Fsp3) is 0.273. The lowest BCUT2D eigenvalue weighted by Gasteiger charge is -2.05. The van der Waals surface area contributed by atoms with Gasteiger partial charge in [-0.15, -0.1) is 4.73 Å². The molecule has 1 aromatic carbocycles. The van der Waals surface area contributed by atoms with Crippen LogP contribution >= 0.6 is 11.3 Å². The molecule has 0 saturated heterocycles. The Morgan fingerprint density at radius 1 is 1.41 bits per heavy atom. The summed E-state index contributed by atoms with van der Waals surface area (Å²) in [5.41, 5.74) is -2.46. The highest BCUT2D eigenvalue weighted by Gasteiger charge is 2.37. The van der Waals surface area contributed by atoms with Crippen LogP contribution in [0.2, 0.25) is 0 Å². The summed E-state index contributed by atoms with van der Waals surface area (Å²) in [5.74, 6) is -0.0148. The van der Waals surface area contributed by atoms with Crippen molar-refractivity contribution in [3.8, 4) is 0 Å². The number of fused-ring (bicyclic) bond motifs is 1. The molecular formula is C11H6F3N3O4S. The number of hydrogen-bond acceptors (Lipinski definition) is 6. The first-order chi connectivity index (χ1) is 10.3. The van der Waals surface area contributed by atoms with Crippen LogP contribution in [0.25, 0.3) is 10.2 Å². The summed E-state index contributed by atoms with van der Waals surface area (Å²) in [6, 6.07) is 1.00. The van der Waals surface area contributed by atoms with Gasteiger partial charge in [-0.2, -0.15) is 13.2 Å². The summed E-state index contributed by atoms with van der Waals surface area (Å²) in [5, 5.41) is 23.1. The number of hydrogen-bond donors (Lipinski definition) is 0. The van der Waals surface area contributed by atoms with Crippen LogP contribution in [0.3, 0.4) is 0 Å². The Bertz CT molecular complexity index is 815. The normalized spacial score (nSPS) is 15.0. The average molecular weight is 333 g/mol. The van der Waals surface area contributed by atoms with E-state index in [4.69, 9.17) is 4.74 Å². The predicted molar refractivity (Wildman–Crippen MR) is 69.8 cm³/mol. The Morgan fingerprint density at radius 3 is 2.68 bits per heavy atom. The molecule has 2 heterocycles. The summed E-state index contributed by atoms with van der Waals surface area (Å²) >= 11 is 0.681. The number of nitro groups is 1. The lowest BCUT2D eigenvalue weighted by Crippen LogP contribution is -2.32. The number of aliphatic imine (C=N–C) groups is 1. The predicted octanol–water partition coefficient (Wildman–Crippen LogP) is 2.24. The third kappa shape index (κ3) is 2.22. The maximum atomic E-state index is 12.8. The zero-order valence-electron chi connectivity index (χ0n) is 10.6. The van der Waals surface area contributed by atoms with Gasteiger partial charge >= 0.3 is 11.2 Å². The van der Waals surface area contributed by atoms with E-state index < -0.39 is 27.9 Å². The van der Waals surface area contributed by atoms with Crippen molar-refractivity contribution in [2.45, 2.75) is 6.18 Å². The molecule has 0 aliphatic carbocycles. The molecule has 3 rings (SSSR count). The van der Waals surface area contributed by atoms with Gasteiger partial charge in [0.15, 0.2) is 4.70 Å². The molecule has 7 nitrogen and oxygen atoms in total. The van der Waals surface area contributed by atoms with Gasteiger partial charge in [0.05, 0.1) is 17.0 Å². The zero-order chi connectivity index (χ0) is 16.1. The first-order valence-corrected chi connectivity index (χ1v) is 6.70. The summed E-state index contributed by atoms with van der Waals surface area (Å²) in [6.07, 6.45) is -4.80. The van der Waals surface area contributed by atoms with Crippen LogP contribution in [0.15, 0.2) is 17.1 Å². The quantitative estimate of drug-likeness (QED) is 0.365. The second-order valence-corrected chi connectivity index (χ2v) is 5.33. The highest BCUT2D eigenvalue weighted by atomic mass is 32.1.